The summed E-state index contributed by atoms with van der Waals surface area (Å²) in [7, 11) is 1.61. The summed E-state index contributed by atoms with van der Waals surface area (Å²) in [6.45, 7) is 6.56. The Hall–Kier alpha value is -1.15. The topological polar surface area (TPSA) is 61.8 Å². The minimum atomic E-state index is -2.86. The molecule has 0 heterocycles. The van der Waals surface area contributed by atoms with Gasteiger partial charge in [-0.15, -0.1) is 0 Å². The van der Waals surface area contributed by atoms with Gasteiger partial charge in [0.2, 0.25) is 0 Å². The summed E-state index contributed by atoms with van der Waals surface area (Å²) in [6, 6.07) is 5.81. The number of carbonyl (C=O) groups excluding carboxylic acids is 2. The number of carbonyl (C=O) groups is 2. The molecule has 6 heteroatoms. The first kappa shape index (κ1) is 17.9. The van der Waals surface area contributed by atoms with E-state index >= 15 is 0 Å². The van der Waals surface area contributed by atoms with Crippen LogP contribution in [0.2, 0.25) is 0 Å². The Labute approximate surface area is 133 Å². The summed E-state index contributed by atoms with van der Waals surface area (Å²) in [4.78, 5) is 22.7. The van der Waals surface area contributed by atoms with Crippen molar-refractivity contribution in [1.29, 1.82) is 0 Å². The van der Waals surface area contributed by atoms with Crippen LogP contribution in [0.25, 0.3) is 0 Å². The summed E-state index contributed by atoms with van der Waals surface area (Å²) in [6.07, 6.45) is 0.591. The molecule has 0 N–H and O–H groups in total. The van der Waals surface area contributed by atoms with Crippen LogP contribution in [0.5, 0.6) is 0 Å². The van der Waals surface area contributed by atoms with Gasteiger partial charge in [0.15, 0.2) is 0 Å². The standard InChI is InChI=1S/C15H21IO5/c1-6-13-8-7-9-14(10(2)19-5)15(13)16(20-11(3)17)21-12(4)18/h7-10H,6H2,1-5H3/t10-/m0/s1. The second-order valence-corrected chi connectivity index (χ2v) is 7.61. The molecule has 1 aromatic carbocycles. The van der Waals surface area contributed by atoms with Crippen molar-refractivity contribution in [2.24, 2.45) is 0 Å². The Kier molecular flexibility index (Phi) is 7.10. The van der Waals surface area contributed by atoms with Crippen LogP contribution in [-0.4, -0.2) is 19.0 Å². The van der Waals surface area contributed by atoms with Gasteiger partial charge in [-0.05, 0) is 0 Å². The second-order valence-electron chi connectivity index (χ2n) is 4.41. The fraction of sp³-hybridized carbons (Fsp3) is 0.467. The minimum absolute atomic E-state index is 0.169. The second kappa shape index (κ2) is 8.33. The van der Waals surface area contributed by atoms with E-state index in [1.807, 2.05) is 32.0 Å². The van der Waals surface area contributed by atoms with Crippen molar-refractivity contribution < 1.29 is 20.5 Å². The zero-order chi connectivity index (χ0) is 16.0. The molecule has 0 saturated carbocycles. The summed E-state index contributed by atoms with van der Waals surface area (Å²) in [5.41, 5.74) is 1.92. The molecule has 1 rings (SSSR count). The Morgan fingerprint density at radius 1 is 1.19 bits per heavy atom. The molecule has 0 aliphatic heterocycles. The van der Waals surface area contributed by atoms with E-state index in [0.29, 0.717) is 0 Å². The average molecular weight is 408 g/mol. The SMILES string of the molecule is CCc1cccc([C@H](C)OC)c1I(OC(C)=O)OC(C)=O. The van der Waals surface area contributed by atoms with Crippen LogP contribution in [-0.2, 0) is 26.9 Å². The summed E-state index contributed by atoms with van der Waals surface area (Å²) in [5, 5.41) is 0. The fourth-order valence-electron chi connectivity index (χ4n) is 1.79. The van der Waals surface area contributed by atoms with Gasteiger partial charge in [0.25, 0.3) is 0 Å². The van der Waals surface area contributed by atoms with Crippen LogP contribution in [0.3, 0.4) is 0 Å². The first-order valence-corrected chi connectivity index (χ1v) is 9.47. The number of aryl methyl sites for hydroxylation is 1. The molecular weight excluding hydrogens is 387 g/mol. The van der Waals surface area contributed by atoms with Crippen LogP contribution in [0.1, 0.15) is 44.9 Å². The van der Waals surface area contributed by atoms with Crippen molar-refractivity contribution >= 4 is 32.6 Å². The number of methoxy groups -OCH3 is 1. The van der Waals surface area contributed by atoms with E-state index in [1.165, 1.54) is 13.8 Å². The van der Waals surface area contributed by atoms with Gasteiger partial charge in [-0.25, -0.2) is 0 Å². The average Bonchev–Trinajstić information content (AvgIpc) is 2.43. The molecule has 0 amide bonds. The fourth-order valence-corrected chi connectivity index (χ4v) is 5.70. The van der Waals surface area contributed by atoms with Crippen molar-refractivity contribution in [2.45, 2.75) is 40.2 Å². The van der Waals surface area contributed by atoms with Crippen LogP contribution >= 0.6 is 20.6 Å². The zero-order valence-corrected chi connectivity index (χ0v) is 15.1. The van der Waals surface area contributed by atoms with Crippen LogP contribution < -0.4 is 0 Å². The molecule has 5 nitrogen and oxygen atoms in total. The summed E-state index contributed by atoms with van der Waals surface area (Å²) < 4.78 is 16.9. The third-order valence-corrected chi connectivity index (χ3v) is 7.03. The zero-order valence-electron chi connectivity index (χ0n) is 12.9. The number of rotatable bonds is 6. The predicted octanol–water partition coefficient (Wildman–Crippen LogP) is 3.59. The third-order valence-electron chi connectivity index (χ3n) is 2.79. The summed E-state index contributed by atoms with van der Waals surface area (Å²) >= 11 is -2.86. The number of ether oxygens (including phenoxy) is 1. The first-order valence-electron chi connectivity index (χ1n) is 6.63. The van der Waals surface area contributed by atoms with Gasteiger partial charge in [0.05, 0.1) is 0 Å². The van der Waals surface area contributed by atoms with Gasteiger partial charge in [-0.2, -0.15) is 0 Å². The van der Waals surface area contributed by atoms with Crippen LogP contribution in [0, 0.1) is 3.57 Å². The molecule has 0 aliphatic rings. The number of halogens is 1. The van der Waals surface area contributed by atoms with Gasteiger partial charge < -0.3 is 0 Å². The van der Waals surface area contributed by atoms with E-state index in [1.54, 1.807) is 7.11 Å². The molecule has 0 spiro atoms. The molecular formula is C15H21IO5. The number of hydrogen-bond acceptors (Lipinski definition) is 5. The molecule has 1 atom stereocenters. The van der Waals surface area contributed by atoms with Crippen molar-refractivity contribution in [1.82, 2.24) is 0 Å². The van der Waals surface area contributed by atoms with E-state index < -0.39 is 32.6 Å². The molecule has 118 valence electrons. The van der Waals surface area contributed by atoms with Gasteiger partial charge in [-0.3, -0.25) is 0 Å². The molecule has 0 aliphatic carbocycles. The maximum absolute atomic E-state index is 11.4. The van der Waals surface area contributed by atoms with E-state index in [0.717, 1.165) is 21.1 Å². The quantitative estimate of drug-likeness (QED) is 0.674. The van der Waals surface area contributed by atoms with Gasteiger partial charge in [-0.1, -0.05) is 0 Å². The monoisotopic (exact) mass is 408 g/mol. The molecule has 21 heavy (non-hydrogen) atoms. The Morgan fingerprint density at radius 3 is 2.19 bits per heavy atom. The van der Waals surface area contributed by atoms with Gasteiger partial charge in [0.1, 0.15) is 0 Å². The Morgan fingerprint density at radius 2 is 1.76 bits per heavy atom. The van der Waals surface area contributed by atoms with Crippen molar-refractivity contribution in [3.05, 3.63) is 32.9 Å². The summed E-state index contributed by atoms with van der Waals surface area (Å²) in [5.74, 6) is -0.883. The van der Waals surface area contributed by atoms with Gasteiger partial charge >= 0.3 is 133 Å². The van der Waals surface area contributed by atoms with Crippen LogP contribution in [0.15, 0.2) is 18.2 Å². The van der Waals surface area contributed by atoms with E-state index in [9.17, 15) is 9.59 Å². The molecule has 0 saturated heterocycles. The third kappa shape index (κ3) is 4.96. The van der Waals surface area contributed by atoms with Crippen LogP contribution in [0.4, 0.5) is 0 Å². The van der Waals surface area contributed by atoms with E-state index in [4.69, 9.17) is 10.9 Å². The molecule has 0 fully saturated rings. The molecule has 0 bridgehead atoms. The molecule has 0 radical (unpaired) electrons. The van der Waals surface area contributed by atoms with E-state index in [2.05, 4.69) is 0 Å². The van der Waals surface area contributed by atoms with Crippen molar-refractivity contribution in [2.75, 3.05) is 7.11 Å². The molecule has 0 aromatic heterocycles. The van der Waals surface area contributed by atoms with Crippen molar-refractivity contribution in [3.8, 4) is 0 Å². The van der Waals surface area contributed by atoms with Gasteiger partial charge in [0, 0.05) is 0 Å². The van der Waals surface area contributed by atoms with E-state index in [-0.39, 0.29) is 6.10 Å². The number of hydrogen-bond donors (Lipinski definition) is 0. The molecule has 0 unspecified atom stereocenters. The predicted molar refractivity (Wildman–Crippen MR) is 87.5 cm³/mol. The van der Waals surface area contributed by atoms with Crippen molar-refractivity contribution in [3.63, 3.8) is 0 Å². The maximum atomic E-state index is 11.4. The Balaban J connectivity index is 3.37. The normalized spacial score (nSPS) is 12.5. The number of benzene rings is 1. The first-order chi connectivity index (χ1) is 9.90. The molecule has 1 aromatic rings. The Bertz CT molecular complexity index is 499.